The number of aryl methyl sites for hydroxylation is 1. The van der Waals surface area contributed by atoms with E-state index in [1.165, 1.54) is 22.3 Å². The molecule has 0 bridgehead atoms. The zero-order valence-corrected chi connectivity index (χ0v) is 15.1. The Labute approximate surface area is 149 Å². The summed E-state index contributed by atoms with van der Waals surface area (Å²) in [7, 11) is 0. The van der Waals surface area contributed by atoms with E-state index in [1.807, 2.05) is 24.4 Å². The van der Waals surface area contributed by atoms with Gasteiger partial charge in [0.05, 0.1) is 11.7 Å². The van der Waals surface area contributed by atoms with Crippen molar-refractivity contribution < 1.29 is 9.21 Å². The van der Waals surface area contributed by atoms with E-state index in [0.717, 1.165) is 29.9 Å². The number of furan rings is 1. The van der Waals surface area contributed by atoms with Gasteiger partial charge in [-0.05, 0) is 46.7 Å². The van der Waals surface area contributed by atoms with Crippen LogP contribution < -0.4 is 5.32 Å². The molecule has 0 aliphatic heterocycles. The van der Waals surface area contributed by atoms with Crippen LogP contribution in [0.5, 0.6) is 0 Å². The van der Waals surface area contributed by atoms with Crippen LogP contribution in [0.15, 0.2) is 28.3 Å². The van der Waals surface area contributed by atoms with E-state index < -0.39 is 0 Å². The molecule has 25 heavy (non-hydrogen) atoms. The predicted molar refractivity (Wildman–Crippen MR) is 92.8 cm³/mol. The quantitative estimate of drug-likeness (QED) is 0.778. The zero-order chi connectivity index (χ0) is 17.6. The number of hydrogen-bond donors (Lipinski definition) is 1. The van der Waals surface area contributed by atoms with E-state index in [2.05, 4.69) is 34.7 Å². The monoisotopic (exact) mass is 357 g/mol. The van der Waals surface area contributed by atoms with Gasteiger partial charge in [-0.25, -0.2) is 0 Å². The molecule has 1 aliphatic rings. The second-order valence-corrected chi connectivity index (χ2v) is 8.11. The van der Waals surface area contributed by atoms with Gasteiger partial charge in [0.1, 0.15) is 22.7 Å². The van der Waals surface area contributed by atoms with Gasteiger partial charge in [-0.2, -0.15) is 4.68 Å². The largest absolute Gasteiger partial charge is 0.466 e. The van der Waals surface area contributed by atoms with Gasteiger partial charge in [0.25, 0.3) is 5.91 Å². The van der Waals surface area contributed by atoms with Gasteiger partial charge in [0.15, 0.2) is 0 Å². The molecule has 1 atom stereocenters. The first-order valence-corrected chi connectivity index (χ1v) is 9.02. The molecule has 0 radical (unpaired) electrons. The van der Waals surface area contributed by atoms with Crippen molar-refractivity contribution in [1.82, 2.24) is 25.5 Å². The summed E-state index contributed by atoms with van der Waals surface area (Å²) in [4.78, 5) is 13.5. The fourth-order valence-corrected chi connectivity index (χ4v) is 4.24. The first-order valence-electron chi connectivity index (χ1n) is 8.14. The van der Waals surface area contributed by atoms with Crippen LogP contribution in [0.3, 0.4) is 0 Å². The summed E-state index contributed by atoms with van der Waals surface area (Å²) in [5.41, 5.74) is 1.85. The lowest BCUT2D eigenvalue weighted by atomic mass is 9.74. The number of fused-ring (bicyclic) bond motifs is 1. The van der Waals surface area contributed by atoms with Gasteiger partial charge < -0.3 is 9.73 Å². The Morgan fingerprint density at radius 2 is 2.32 bits per heavy atom. The minimum atomic E-state index is -0.118. The molecular formula is C17H19N5O2S. The number of nitrogens with zero attached hydrogens (tertiary/aromatic N) is 4. The smallest absolute Gasteiger partial charge is 0.264 e. The Morgan fingerprint density at radius 1 is 1.48 bits per heavy atom. The maximum Gasteiger partial charge on any atom is 0.264 e. The molecule has 0 saturated heterocycles. The zero-order valence-electron chi connectivity index (χ0n) is 14.3. The highest BCUT2D eigenvalue weighted by Gasteiger charge is 2.36. The number of amides is 1. The van der Waals surface area contributed by atoms with Crippen LogP contribution in [-0.2, 0) is 6.42 Å². The first kappa shape index (κ1) is 16.0. The Hall–Kier alpha value is -2.48. The number of aromatic nitrogens is 4. The third-order valence-corrected chi connectivity index (χ3v) is 5.39. The summed E-state index contributed by atoms with van der Waals surface area (Å²) in [6, 6.07) is 3.81. The molecule has 1 N–H and O–H groups in total. The van der Waals surface area contributed by atoms with Crippen LogP contribution in [-0.4, -0.2) is 26.1 Å². The average Bonchev–Trinajstić information content (AvgIpc) is 3.24. The summed E-state index contributed by atoms with van der Waals surface area (Å²) in [6.07, 6.45) is 3.24. The van der Waals surface area contributed by atoms with E-state index in [0.29, 0.717) is 10.6 Å². The standard InChI is InChI=1S/C17H19N5O2S/c1-10-6-11-12(7-17(2,3)8-14(11)24-10)19-16(23)15-13(4-5-25-15)22-9-18-20-21-22/h4-6,9,12H,7-8H2,1-3H3,(H,19,23)/t12-/m0/s1. The molecule has 1 amide bonds. The van der Waals surface area contributed by atoms with Gasteiger partial charge in [-0.3, -0.25) is 4.79 Å². The van der Waals surface area contributed by atoms with Crippen molar-refractivity contribution in [3.8, 4) is 5.69 Å². The predicted octanol–water partition coefficient (Wildman–Crippen LogP) is 3.07. The lowest BCUT2D eigenvalue weighted by Crippen LogP contribution is -2.36. The second-order valence-electron chi connectivity index (χ2n) is 7.20. The molecule has 0 aromatic carbocycles. The van der Waals surface area contributed by atoms with Crippen LogP contribution in [0.1, 0.15) is 53.1 Å². The number of rotatable bonds is 3. The van der Waals surface area contributed by atoms with Crippen molar-refractivity contribution >= 4 is 17.2 Å². The number of thiophene rings is 1. The minimum absolute atomic E-state index is 0.0625. The Kier molecular flexibility index (Phi) is 3.72. The van der Waals surface area contributed by atoms with Crippen molar-refractivity contribution in [2.24, 2.45) is 5.41 Å². The summed E-state index contributed by atoms with van der Waals surface area (Å²) in [5.74, 6) is 1.74. The van der Waals surface area contributed by atoms with Crippen LogP contribution in [0.25, 0.3) is 5.69 Å². The molecule has 3 aromatic rings. The van der Waals surface area contributed by atoms with Crippen molar-refractivity contribution in [2.75, 3.05) is 0 Å². The van der Waals surface area contributed by atoms with Crippen LogP contribution in [0.2, 0.25) is 0 Å². The fourth-order valence-electron chi connectivity index (χ4n) is 3.46. The summed E-state index contributed by atoms with van der Waals surface area (Å²) in [5, 5.41) is 16.2. The molecule has 130 valence electrons. The summed E-state index contributed by atoms with van der Waals surface area (Å²) < 4.78 is 7.35. The normalized spacial score (nSPS) is 18.8. The molecule has 8 heteroatoms. The molecule has 0 saturated carbocycles. The van der Waals surface area contributed by atoms with E-state index in [-0.39, 0.29) is 17.4 Å². The molecule has 0 unspecified atom stereocenters. The Bertz CT molecular complexity index is 910. The van der Waals surface area contributed by atoms with Crippen LogP contribution >= 0.6 is 11.3 Å². The van der Waals surface area contributed by atoms with Gasteiger partial charge in [0.2, 0.25) is 0 Å². The number of tetrazole rings is 1. The highest BCUT2D eigenvalue weighted by Crippen LogP contribution is 2.42. The third kappa shape index (κ3) is 2.97. The summed E-state index contributed by atoms with van der Waals surface area (Å²) in [6.45, 7) is 6.34. The highest BCUT2D eigenvalue weighted by atomic mass is 32.1. The van der Waals surface area contributed by atoms with E-state index in [9.17, 15) is 4.79 Å². The highest BCUT2D eigenvalue weighted by molar-refractivity contribution is 7.12. The lowest BCUT2D eigenvalue weighted by molar-refractivity contribution is 0.0921. The number of carbonyl (C=O) groups is 1. The Morgan fingerprint density at radius 3 is 3.08 bits per heavy atom. The number of nitrogens with one attached hydrogen (secondary N) is 1. The molecule has 0 fully saturated rings. The molecule has 3 aromatic heterocycles. The third-order valence-electron chi connectivity index (χ3n) is 4.49. The fraction of sp³-hybridized carbons (Fsp3) is 0.412. The molecule has 7 nitrogen and oxygen atoms in total. The SMILES string of the molecule is Cc1cc2c(o1)CC(C)(C)C[C@@H]2NC(=O)c1sccc1-n1cnnn1. The van der Waals surface area contributed by atoms with E-state index in [1.54, 1.807) is 0 Å². The van der Waals surface area contributed by atoms with E-state index in [4.69, 9.17) is 4.42 Å². The molecule has 1 aliphatic carbocycles. The van der Waals surface area contributed by atoms with Crippen LogP contribution in [0, 0.1) is 12.3 Å². The molecule has 0 spiro atoms. The Balaban J connectivity index is 1.63. The van der Waals surface area contributed by atoms with Gasteiger partial charge in [-0.1, -0.05) is 13.8 Å². The van der Waals surface area contributed by atoms with Gasteiger partial charge in [0, 0.05) is 12.0 Å². The van der Waals surface area contributed by atoms with E-state index >= 15 is 0 Å². The number of hydrogen-bond acceptors (Lipinski definition) is 6. The van der Waals surface area contributed by atoms with Crippen molar-refractivity contribution in [3.63, 3.8) is 0 Å². The maximum absolute atomic E-state index is 12.9. The average molecular weight is 357 g/mol. The number of carbonyl (C=O) groups excluding carboxylic acids is 1. The van der Waals surface area contributed by atoms with Crippen LogP contribution in [0.4, 0.5) is 0 Å². The molecule has 3 heterocycles. The van der Waals surface area contributed by atoms with Crippen molar-refractivity contribution in [2.45, 2.75) is 39.7 Å². The lowest BCUT2D eigenvalue weighted by Gasteiger charge is -2.34. The first-order chi connectivity index (χ1) is 11.9. The molecule has 4 rings (SSSR count). The topological polar surface area (TPSA) is 85.8 Å². The van der Waals surface area contributed by atoms with Crippen molar-refractivity contribution in [3.05, 3.63) is 45.8 Å². The summed E-state index contributed by atoms with van der Waals surface area (Å²) >= 11 is 1.38. The molecular weight excluding hydrogens is 338 g/mol. The minimum Gasteiger partial charge on any atom is -0.466 e. The van der Waals surface area contributed by atoms with Crippen molar-refractivity contribution in [1.29, 1.82) is 0 Å². The maximum atomic E-state index is 12.9. The van der Waals surface area contributed by atoms with Gasteiger partial charge in [-0.15, -0.1) is 16.4 Å². The van der Waals surface area contributed by atoms with Gasteiger partial charge >= 0.3 is 0 Å². The second kappa shape index (κ2) is 5.80.